The number of aromatic nitrogens is 1. The summed E-state index contributed by atoms with van der Waals surface area (Å²) in [6.07, 6.45) is 3.59. The predicted molar refractivity (Wildman–Crippen MR) is 127 cm³/mol. The van der Waals surface area contributed by atoms with E-state index in [1.54, 1.807) is 6.92 Å². The van der Waals surface area contributed by atoms with Crippen LogP contribution in [0.1, 0.15) is 31.0 Å². The molecular weight excluding hydrogens is 402 g/mol. The Morgan fingerprint density at radius 1 is 0.969 bits per heavy atom. The fourth-order valence-corrected chi connectivity index (χ4v) is 4.15. The number of hydrogen-bond acceptors (Lipinski definition) is 5. The molecule has 2 heterocycles. The second-order valence-corrected chi connectivity index (χ2v) is 8.66. The standard InChI is InChI=1S/C25H35N5O2/c1-21(31)30-17-9-15-28(19-23-11-6-7-13-26-23)14-8-16-29(25(32)20-27(2)3)18-22-10-4-5-12-24(22)30/h4-7,10-13H,8-9,14-20H2,1-3H3. The summed E-state index contributed by atoms with van der Waals surface area (Å²) in [5.74, 6) is 0.129. The van der Waals surface area contributed by atoms with Crippen molar-refractivity contribution < 1.29 is 9.59 Å². The van der Waals surface area contributed by atoms with Crippen LogP contribution in [0.4, 0.5) is 5.69 Å². The van der Waals surface area contributed by atoms with Crippen LogP contribution in [0.5, 0.6) is 0 Å². The molecule has 0 bridgehead atoms. The van der Waals surface area contributed by atoms with Crippen LogP contribution in [0.2, 0.25) is 0 Å². The molecule has 0 aliphatic carbocycles. The van der Waals surface area contributed by atoms with Gasteiger partial charge in [-0.1, -0.05) is 24.3 Å². The first-order chi connectivity index (χ1) is 15.4. The first-order valence-corrected chi connectivity index (χ1v) is 11.3. The number of nitrogens with zero attached hydrogens (tertiary/aromatic N) is 5. The van der Waals surface area contributed by atoms with E-state index in [4.69, 9.17) is 0 Å². The second kappa shape index (κ2) is 11.7. The van der Waals surface area contributed by atoms with Crippen molar-refractivity contribution in [2.45, 2.75) is 32.9 Å². The SMILES string of the molecule is CC(=O)N1CCCN(Cc2ccccn2)CCCN(C(=O)CN(C)C)Cc2ccccc21. The van der Waals surface area contributed by atoms with Crippen molar-refractivity contribution >= 4 is 17.5 Å². The summed E-state index contributed by atoms with van der Waals surface area (Å²) in [6, 6.07) is 13.9. The fourth-order valence-electron chi connectivity index (χ4n) is 4.15. The highest BCUT2D eigenvalue weighted by molar-refractivity contribution is 5.92. The van der Waals surface area contributed by atoms with Crippen molar-refractivity contribution in [3.05, 3.63) is 59.9 Å². The van der Waals surface area contributed by atoms with Crippen molar-refractivity contribution in [3.8, 4) is 0 Å². The average Bonchev–Trinajstić information content (AvgIpc) is 2.75. The number of para-hydroxylation sites is 1. The normalized spacial score (nSPS) is 16.2. The third-order valence-corrected chi connectivity index (χ3v) is 5.70. The van der Waals surface area contributed by atoms with Crippen molar-refractivity contribution in [1.82, 2.24) is 19.7 Å². The Labute approximate surface area is 191 Å². The number of benzene rings is 1. The van der Waals surface area contributed by atoms with Gasteiger partial charge in [-0.3, -0.25) is 19.5 Å². The van der Waals surface area contributed by atoms with E-state index in [0.29, 0.717) is 26.2 Å². The minimum absolute atomic E-state index is 0.0250. The molecule has 0 saturated carbocycles. The Balaban J connectivity index is 1.85. The van der Waals surface area contributed by atoms with Gasteiger partial charge >= 0.3 is 0 Å². The van der Waals surface area contributed by atoms with Crippen LogP contribution in [-0.2, 0) is 22.7 Å². The molecule has 0 radical (unpaired) electrons. The number of anilines is 1. The second-order valence-electron chi connectivity index (χ2n) is 8.66. The first-order valence-electron chi connectivity index (χ1n) is 11.3. The Morgan fingerprint density at radius 2 is 1.69 bits per heavy atom. The lowest BCUT2D eigenvalue weighted by atomic mass is 10.1. The van der Waals surface area contributed by atoms with Crippen LogP contribution in [0.3, 0.4) is 0 Å². The zero-order valence-corrected chi connectivity index (χ0v) is 19.5. The average molecular weight is 438 g/mol. The molecule has 7 heteroatoms. The zero-order chi connectivity index (χ0) is 22.9. The van der Waals surface area contributed by atoms with Crippen molar-refractivity contribution in [2.24, 2.45) is 0 Å². The molecule has 1 aromatic heterocycles. The monoisotopic (exact) mass is 437 g/mol. The third kappa shape index (κ3) is 6.87. The first kappa shape index (κ1) is 23.9. The Kier molecular flexibility index (Phi) is 8.76. The van der Waals surface area contributed by atoms with Gasteiger partial charge in [-0.05, 0) is 50.7 Å². The molecule has 7 nitrogen and oxygen atoms in total. The van der Waals surface area contributed by atoms with E-state index in [1.165, 1.54) is 0 Å². The van der Waals surface area contributed by atoms with Gasteiger partial charge in [0.2, 0.25) is 11.8 Å². The highest BCUT2D eigenvalue weighted by Crippen LogP contribution is 2.24. The van der Waals surface area contributed by atoms with Gasteiger partial charge in [0.15, 0.2) is 0 Å². The van der Waals surface area contributed by atoms with Gasteiger partial charge in [-0.15, -0.1) is 0 Å². The van der Waals surface area contributed by atoms with E-state index in [2.05, 4.69) is 9.88 Å². The van der Waals surface area contributed by atoms with Crippen LogP contribution in [0.15, 0.2) is 48.7 Å². The smallest absolute Gasteiger partial charge is 0.237 e. The van der Waals surface area contributed by atoms with Gasteiger partial charge in [-0.25, -0.2) is 0 Å². The van der Waals surface area contributed by atoms with Gasteiger partial charge < -0.3 is 14.7 Å². The van der Waals surface area contributed by atoms with Crippen LogP contribution in [-0.4, -0.2) is 78.3 Å². The highest BCUT2D eigenvalue weighted by Gasteiger charge is 2.21. The van der Waals surface area contributed by atoms with E-state index in [0.717, 1.165) is 49.4 Å². The largest absolute Gasteiger partial charge is 0.337 e. The van der Waals surface area contributed by atoms with Crippen molar-refractivity contribution in [1.29, 1.82) is 0 Å². The number of amides is 2. The molecule has 0 saturated heterocycles. The fraction of sp³-hybridized carbons (Fsp3) is 0.480. The van der Waals surface area contributed by atoms with E-state index in [-0.39, 0.29) is 11.8 Å². The molecule has 0 spiro atoms. The van der Waals surface area contributed by atoms with Gasteiger partial charge in [0.25, 0.3) is 0 Å². The maximum absolute atomic E-state index is 13.0. The summed E-state index contributed by atoms with van der Waals surface area (Å²) in [7, 11) is 3.82. The maximum Gasteiger partial charge on any atom is 0.237 e. The molecular formula is C25H35N5O2. The zero-order valence-electron chi connectivity index (χ0n) is 19.5. The summed E-state index contributed by atoms with van der Waals surface area (Å²) in [5.41, 5.74) is 2.95. The van der Waals surface area contributed by atoms with Crippen LogP contribution in [0, 0.1) is 0 Å². The number of carbonyl (C=O) groups is 2. The lowest BCUT2D eigenvalue weighted by molar-refractivity contribution is -0.132. The van der Waals surface area contributed by atoms with E-state index in [9.17, 15) is 9.59 Å². The minimum Gasteiger partial charge on any atom is -0.337 e. The third-order valence-electron chi connectivity index (χ3n) is 5.70. The summed E-state index contributed by atoms with van der Waals surface area (Å²) >= 11 is 0. The van der Waals surface area contributed by atoms with E-state index < -0.39 is 0 Å². The molecule has 1 aromatic carbocycles. The van der Waals surface area contributed by atoms with Crippen LogP contribution in [0.25, 0.3) is 0 Å². The van der Waals surface area contributed by atoms with Gasteiger partial charge in [0.05, 0.1) is 12.2 Å². The molecule has 2 amide bonds. The number of hydrogen-bond donors (Lipinski definition) is 0. The van der Waals surface area contributed by atoms with E-state index in [1.807, 2.05) is 77.5 Å². The van der Waals surface area contributed by atoms with Gasteiger partial charge in [0, 0.05) is 58.1 Å². The summed E-state index contributed by atoms with van der Waals surface area (Å²) in [4.78, 5) is 38.1. The molecule has 0 unspecified atom stereocenters. The topological polar surface area (TPSA) is 60.0 Å². The number of fused-ring (bicyclic) bond motifs is 1. The summed E-state index contributed by atoms with van der Waals surface area (Å²) < 4.78 is 0. The lowest BCUT2D eigenvalue weighted by Gasteiger charge is -2.31. The predicted octanol–water partition coefficient (Wildman–Crippen LogP) is 2.62. The number of pyridine rings is 1. The molecule has 32 heavy (non-hydrogen) atoms. The molecule has 0 atom stereocenters. The molecule has 172 valence electrons. The number of rotatable bonds is 4. The molecule has 2 aromatic rings. The molecule has 3 rings (SSSR count). The molecule has 0 fully saturated rings. The minimum atomic E-state index is 0.0250. The maximum atomic E-state index is 13.0. The van der Waals surface area contributed by atoms with E-state index >= 15 is 0 Å². The number of carbonyl (C=O) groups excluding carboxylic acids is 2. The van der Waals surface area contributed by atoms with Gasteiger partial charge in [0.1, 0.15) is 0 Å². The van der Waals surface area contributed by atoms with Crippen LogP contribution >= 0.6 is 0 Å². The Bertz CT molecular complexity index is 887. The quantitative estimate of drug-likeness (QED) is 0.736. The lowest BCUT2D eigenvalue weighted by Crippen LogP contribution is -2.41. The van der Waals surface area contributed by atoms with Crippen molar-refractivity contribution in [3.63, 3.8) is 0 Å². The van der Waals surface area contributed by atoms with Gasteiger partial charge in [-0.2, -0.15) is 0 Å². The molecule has 1 aliphatic rings. The van der Waals surface area contributed by atoms with Crippen molar-refractivity contribution in [2.75, 3.05) is 51.7 Å². The molecule has 0 N–H and O–H groups in total. The Hall–Kier alpha value is -2.77. The van der Waals surface area contributed by atoms with Crippen LogP contribution < -0.4 is 4.90 Å². The molecule has 1 aliphatic heterocycles. The summed E-state index contributed by atoms with van der Waals surface area (Å²) in [6.45, 7) is 6.34. The number of likely N-dealkylation sites (N-methyl/N-ethyl adjacent to an activating group) is 1. The highest BCUT2D eigenvalue weighted by atomic mass is 16.2. The Morgan fingerprint density at radius 3 is 2.38 bits per heavy atom. The summed E-state index contributed by atoms with van der Waals surface area (Å²) in [5, 5.41) is 0.